The van der Waals surface area contributed by atoms with Crippen LogP contribution in [0.2, 0.25) is 5.02 Å². The zero-order valence-corrected chi connectivity index (χ0v) is 30.2. The lowest BCUT2D eigenvalue weighted by Gasteiger charge is -2.28. The summed E-state index contributed by atoms with van der Waals surface area (Å²) >= 11 is 7.71. The van der Waals surface area contributed by atoms with Crippen molar-refractivity contribution in [2.45, 2.75) is 37.8 Å². The lowest BCUT2D eigenvalue weighted by atomic mass is 10.2. The number of hydrogen-bond donors (Lipinski definition) is 1. The van der Waals surface area contributed by atoms with Gasteiger partial charge in [0.1, 0.15) is 27.8 Å². The van der Waals surface area contributed by atoms with Crippen molar-refractivity contribution in [3.05, 3.63) is 82.6 Å². The van der Waals surface area contributed by atoms with Crippen molar-refractivity contribution in [2.75, 3.05) is 55.9 Å². The molecule has 0 atom stereocenters. The van der Waals surface area contributed by atoms with Gasteiger partial charge in [0.05, 0.1) is 42.8 Å². The molecule has 0 saturated carbocycles. The third-order valence-electron chi connectivity index (χ3n) is 7.09. The number of para-hydroxylation sites is 2. The number of sulfonamides is 1. The lowest BCUT2D eigenvalue weighted by Crippen LogP contribution is -2.38. The van der Waals surface area contributed by atoms with Crippen LogP contribution in [0.25, 0.3) is 0 Å². The summed E-state index contributed by atoms with van der Waals surface area (Å²) in [7, 11) is 1.98. The first-order chi connectivity index (χ1) is 22.6. The maximum absolute atomic E-state index is 15.9. The molecule has 15 heteroatoms. The second kappa shape index (κ2) is 15.3. The van der Waals surface area contributed by atoms with Gasteiger partial charge in [-0.15, -0.1) is 11.3 Å². The number of carbonyl (C=O) groups excluding carboxylic acids is 1. The maximum atomic E-state index is 15.9. The zero-order valence-electron chi connectivity index (χ0n) is 27.8. The molecule has 11 nitrogen and oxygen atoms in total. The molecular weight excluding hydrogens is 681 g/mol. The Morgan fingerprint density at radius 1 is 1.02 bits per heavy atom. The van der Waals surface area contributed by atoms with Gasteiger partial charge in [-0.2, -0.15) is 0 Å². The first-order valence-electron chi connectivity index (χ1n) is 14.8. The molecule has 0 bridgehead atoms. The number of nitrogens with zero attached hydrogens (tertiary/aromatic N) is 4. The standard InChI is InChI=1S/C33H39ClFN5O6S2/c1-33(2,3)46-32(41)39(5)16-15-38(4)28-11-9-8-10-26(28)37-27-20-25(35)30(19-24(27)34)48(42,43)40(31-36-14-17-47-31)21-22-12-13-23(44-6)18-29(22)45-7/h8-14,17-20,37H,15-16,21H2,1-7H3. The Labute approximate surface area is 289 Å². The molecular formula is C33H39ClFN5O6S2. The molecule has 48 heavy (non-hydrogen) atoms. The van der Waals surface area contributed by atoms with Crippen LogP contribution in [-0.4, -0.2) is 71.4 Å². The topological polar surface area (TPSA) is 114 Å². The molecule has 0 aliphatic rings. The van der Waals surface area contributed by atoms with Gasteiger partial charge >= 0.3 is 6.09 Å². The van der Waals surface area contributed by atoms with Crippen LogP contribution in [0.5, 0.6) is 11.5 Å². The van der Waals surface area contributed by atoms with E-state index < -0.39 is 32.4 Å². The van der Waals surface area contributed by atoms with Gasteiger partial charge in [-0.25, -0.2) is 26.9 Å². The molecule has 0 radical (unpaired) electrons. The normalized spacial score (nSPS) is 11.5. The number of rotatable bonds is 13. The van der Waals surface area contributed by atoms with Crippen molar-refractivity contribution in [3.63, 3.8) is 0 Å². The number of amides is 1. The lowest BCUT2D eigenvalue weighted by molar-refractivity contribution is 0.0303. The molecule has 0 unspecified atom stereocenters. The number of thiazole rings is 1. The predicted octanol–water partition coefficient (Wildman–Crippen LogP) is 7.40. The molecule has 0 aliphatic carbocycles. The number of likely N-dealkylation sites (N-methyl/N-ethyl adjacent to an activating group) is 2. The van der Waals surface area contributed by atoms with Crippen LogP contribution in [0.15, 0.2) is 71.1 Å². The molecule has 1 aromatic heterocycles. The molecule has 0 saturated heterocycles. The Kier molecular flexibility index (Phi) is 11.7. The minimum Gasteiger partial charge on any atom is -0.497 e. The van der Waals surface area contributed by atoms with E-state index in [9.17, 15) is 13.2 Å². The van der Waals surface area contributed by atoms with Crippen molar-refractivity contribution in [1.29, 1.82) is 0 Å². The molecule has 4 aromatic rings. The summed E-state index contributed by atoms with van der Waals surface area (Å²) in [5.41, 5.74) is 1.40. The van der Waals surface area contributed by atoms with Crippen LogP contribution in [0.3, 0.4) is 0 Å². The third kappa shape index (κ3) is 8.79. The number of hydrogen-bond acceptors (Lipinski definition) is 10. The van der Waals surface area contributed by atoms with Crippen molar-refractivity contribution >= 4 is 61.2 Å². The number of aromatic nitrogens is 1. The average Bonchev–Trinajstić information content (AvgIpc) is 3.57. The second-order valence-electron chi connectivity index (χ2n) is 11.7. The highest BCUT2D eigenvalue weighted by atomic mass is 35.5. The summed E-state index contributed by atoms with van der Waals surface area (Å²) in [6, 6.07) is 14.4. The number of nitrogens with one attached hydrogen (secondary N) is 1. The fourth-order valence-electron chi connectivity index (χ4n) is 4.58. The van der Waals surface area contributed by atoms with E-state index >= 15 is 4.39 Å². The molecule has 1 N–H and O–H groups in total. The maximum Gasteiger partial charge on any atom is 0.410 e. The Bertz CT molecular complexity index is 1840. The molecule has 0 spiro atoms. The molecule has 1 amide bonds. The number of ether oxygens (including phenoxy) is 3. The van der Waals surface area contributed by atoms with E-state index in [4.69, 9.17) is 25.8 Å². The van der Waals surface area contributed by atoms with Crippen LogP contribution in [-0.2, 0) is 21.3 Å². The van der Waals surface area contributed by atoms with Gasteiger partial charge in [-0.1, -0.05) is 23.7 Å². The van der Waals surface area contributed by atoms with Gasteiger partial charge in [-0.05, 0) is 51.1 Å². The fraction of sp³-hybridized carbons (Fsp3) is 0.333. The Morgan fingerprint density at radius 2 is 1.75 bits per heavy atom. The van der Waals surface area contributed by atoms with Gasteiger partial charge < -0.3 is 29.3 Å². The van der Waals surface area contributed by atoms with Crippen LogP contribution in [0.1, 0.15) is 26.3 Å². The minimum atomic E-state index is -4.50. The quantitative estimate of drug-likeness (QED) is 0.151. The highest BCUT2D eigenvalue weighted by Gasteiger charge is 2.32. The average molecular weight is 720 g/mol. The van der Waals surface area contributed by atoms with E-state index in [1.54, 1.807) is 63.5 Å². The Morgan fingerprint density at radius 3 is 2.40 bits per heavy atom. The summed E-state index contributed by atoms with van der Waals surface area (Å²) in [6.07, 6.45) is 1.03. The van der Waals surface area contributed by atoms with Gasteiger partial charge in [0.2, 0.25) is 0 Å². The number of halogens is 2. The molecule has 0 fully saturated rings. The van der Waals surface area contributed by atoms with E-state index in [0.29, 0.717) is 35.8 Å². The van der Waals surface area contributed by atoms with Crippen LogP contribution in [0, 0.1) is 5.82 Å². The minimum absolute atomic E-state index is 0.0155. The summed E-state index contributed by atoms with van der Waals surface area (Å²) in [5.74, 6) is -0.0830. The summed E-state index contributed by atoms with van der Waals surface area (Å²) in [5, 5.41) is 4.89. The van der Waals surface area contributed by atoms with Crippen molar-refractivity contribution in [1.82, 2.24) is 9.88 Å². The Balaban J connectivity index is 1.59. The van der Waals surface area contributed by atoms with E-state index in [0.717, 1.165) is 33.5 Å². The number of methoxy groups -OCH3 is 2. The van der Waals surface area contributed by atoms with Crippen LogP contribution in [0.4, 0.5) is 31.4 Å². The zero-order chi connectivity index (χ0) is 35.2. The first-order valence-corrected chi connectivity index (χ1v) is 17.5. The SMILES string of the molecule is COc1ccc(CN(c2nccs2)S(=O)(=O)c2cc(Cl)c(Nc3ccccc3N(C)CCN(C)C(=O)OC(C)(C)C)cc2F)c(OC)c1. The monoisotopic (exact) mass is 719 g/mol. The van der Waals surface area contributed by atoms with Crippen LogP contribution < -0.4 is 24.0 Å². The number of carbonyl (C=O) groups is 1. The molecule has 3 aromatic carbocycles. The smallest absolute Gasteiger partial charge is 0.410 e. The highest BCUT2D eigenvalue weighted by molar-refractivity contribution is 7.93. The summed E-state index contributed by atoms with van der Waals surface area (Å²) in [6.45, 7) is 6.06. The third-order valence-corrected chi connectivity index (χ3v) is 10.1. The van der Waals surface area contributed by atoms with E-state index in [1.807, 2.05) is 24.1 Å². The van der Waals surface area contributed by atoms with E-state index in [-0.39, 0.29) is 22.4 Å². The van der Waals surface area contributed by atoms with Gasteiger partial charge in [-0.3, -0.25) is 0 Å². The largest absolute Gasteiger partial charge is 0.497 e. The van der Waals surface area contributed by atoms with Gasteiger partial charge in [0.15, 0.2) is 5.13 Å². The molecule has 0 aliphatic heterocycles. The Hall–Kier alpha value is -4.27. The van der Waals surface area contributed by atoms with Crippen molar-refractivity contribution in [3.8, 4) is 11.5 Å². The van der Waals surface area contributed by atoms with Crippen molar-refractivity contribution in [2.24, 2.45) is 0 Å². The summed E-state index contributed by atoms with van der Waals surface area (Å²) < 4.78 is 61.1. The number of anilines is 4. The first kappa shape index (κ1) is 36.6. The van der Waals surface area contributed by atoms with Crippen LogP contribution >= 0.6 is 22.9 Å². The van der Waals surface area contributed by atoms with Gasteiger partial charge in [0, 0.05) is 56.5 Å². The molecule has 4 rings (SSSR count). The number of benzene rings is 3. The van der Waals surface area contributed by atoms with E-state index in [2.05, 4.69) is 10.3 Å². The van der Waals surface area contributed by atoms with Gasteiger partial charge in [0.25, 0.3) is 10.0 Å². The highest BCUT2D eigenvalue weighted by Crippen LogP contribution is 2.37. The van der Waals surface area contributed by atoms with Crippen molar-refractivity contribution < 1.29 is 31.8 Å². The fourth-order valence-corrected chi connectivity index (χ4v) is 7.20. The molecule has 1 heterocycles. The van der Waals surface area contributed by atoms with E-state index in [1.165, 1.54) is 25.3 Å². The second-order valence-corrected chi connectivity index (χ2v) is 14.8. The summed E-state index contributed by atoms with van der Waals surface area (Å²) in [4.78, 5) is 19.4. The molecule has 258 valence electrons. The predicted molar refractivity (Wildman–Crippen MR) is 188 cm³/mol.